The molecule has 0 radical (unpaired) electrons. The van der Waals surface area contributed by atoms with Crippen LogP contribution in [-0.2, 0) is 15.9 Å². The molecule has 0 unspecified atom stereocenters. The second-order valence-electron chi connectivity index (χ2n) is 7.30. The standard InChI is InChI=1S/C20H22BFN2O2/c1-6-12-24-16(13-17(23-24)15-10-8-7-9-11-15)14-18(22)21-25-19(2,3)20(4,5)26-21/h1,7-11,13-14H,12H2,2-5H3. The zero-order chi connectivity index (χ0) is 18.9. The van der Waals surface area contributed by atoms with Crippen LogP contribution in [0.5, 0.6) is 0 Å². The average Bonchev–Trinajstić information content (AvgIpc) is 3.07. The predicted molar refractivity (Wildman–Crippen MR) is 102 cm³/mol. The van der Waals surface area contributed by atoms with Gasteiger partial charge >= 0.3 is 7.12 Å². The van der Waals surface area contributed by atoms with Gasteiger partial charge in [-0.15, -0.1) is 6.42 Å². The largest absolute Gasteiger partial charge is 0.525 e. The Bertz CT molecular complexity index is 850. The summed E-state index contributed by atoms with van der Waals surface area (Å²) >= 11 is 0. The lowest BCUT2D eigenvalue weighted by Crippen LogP contribution is -2.41. The molecule has 0 saturated carbocycles. The van der Waals surface area contributed by atoms with Gasteiger partial charge in [-0.2, -0.15) is 5.10 Å². The second-order valence-corrected chi connectivity index (χ2v) is 7.30. The third-order valence-electron chi connectivity index (χ3n) is 4.89. The molecule has 0 spiro atoms. The number of hydrogen-bond acceptors (Lipinski definition) is 3. The number of terminal acetylenes is 1. The summed E-state index contributed by atoms with van der Waals surface area (Å²) in [5.74, 6) is 2.54. The minimum atomic E-state index is -1.05. The van der Waals surface area contributed by atoms with Gasteiger partial charge in [0.2, 0.25) is 0 Å². The highest BCUT2D eigenvalue weighted by Gasteiger charge is 2.53. The number of halogens is 1. The predicted octanol–water partition coefficient (Wildman–Crippen LogP) is 4.13. The van der Waals surface area contributed by atoms with Gasteiger partial charge in [0.05, 0.1) is 22.6 Å². The molecule has 1 saturated heterocycles. The van der Waals surface area contributed by atoms with E-state index in [4.69, 9.17) is 15.7 Å². The van der Waals surface area contributed by atoms with Gasteiger partial charge in [0.1, 0.15) is 12.3 Å². The van der Waals surface area contributed by atoms with Gasteiger partial charge in [0.15, 0.2) is 0 Å². The molecule has 0 aliphatic carbocycles. The maximum atomic E-state index is 14.8. The Morgan fingerprint density at radius 1 is 1.23 bits per heavy atom. The zero-order valence-corrected chi connectivity index (χ0v) is 15.5. The first-order valence-corrected chi connectivity index (χ1v) is 8.53. The number of rotatable bonds is 4. The lowest BCUT2D eigenvalue weighted by Gasteiger charge is -2.32. The lowest BCUT2D eigenvalue weighted by molar-refractivity contribution is 0.00578. The second kappa shape index (κ2) is 6.75. The summed E-state index contributed by atoms with van der Waals surface area (Å²) in [5, 5.41) is 4.49. The first-order chi connectivity index (χ1) is 12.2. The first-order valence-electron chi connectivity index (χ1n) is 8.53. The minimum Gasteiger partial charge on any atom is -0.398 e. The van der Waals surface area contributed by atoms with E-state index in [1.54, 1.807) is 10.7 Å². The summed E-state index contributed by atoms with van der Waals surface area (Å²) in [7, 11) is -1.05. The van der Waals surface area contributed by atoms with E-state index in [0.29, 0.717) is 5.69 Å². The highest BCUT2D eigenvalue weighted by atomic mass is 19.1. The Morgan fingerprint density at radius 3 is 2.42 bits per heavy atom. The molecule has 4 nitrogen and oxygen atoms in total. The molecular formula is C20H22BFN2O2. The summed E-state index contributed by atoms with van der Waals surface area (Å²) in [6.07, 6.45) is 6.80. The monoisotopic (exact) mass is 352 g/mol. The molecule has 1 fully saturated rings. The highest BCUT2D eigenvalue weighted by Crippen LogP contribution is 2.39. The van der Waals surface area contributed by atoms with Crippen LogP contribution >= 0.6 is 0 Å². The first kappa shape index (κ1) is 18.4. The van der Waals surface area contributed by atoms with Crippen molar-refractivity contribution >= 4 is 13.2 Å². The average molecular weight is 352 g/mol. The van der Waals surface area contributed by atoms with Gasteiger partial charge in [0, 0.05) is 5.56 Å². The van der Waals surface area contributed by atoms with Crippen LogP contribution in [-0.4, -0.2) is 28.1 Å². The van der Waals surface area contributed by atoms with Gasteiger partial charge in [-0.1, -0.05) is 36.3 Å². The molecule has 2 heterocycles. The Balaban J connectivity index is 1.92. The van der Waals surface area contributed by atoms with Crippen molar-refractivity contribution in [3.63, 3.8) is 0 Å². The van der Waals surface area contributed by atoms with Crippen molar-refractivity contribution in [2.75, 3.05) is 0 Å². The van der Waals surface area contributed by atoms with E-state index in [1.165, 1.54) is 6.08 Å². The fourth-order valence-corrected chi connectivity index (χ4v) is 2.68. The molecule has 1 aliphatic heterocycles. The van der Waals surface area contributed by atoms with E-state index in [1.807, 2.05) is 58.0 Å². The molecule has 1 aromatic carbocycles. The molecule has 3 rings (SSSR count). The van der Waals surface area contributed by atoms with Crippen molar-refractivity contribution in [3.05, 3.63) is 47.8 Å². The minimum absolute atomic E-state index is 0.245. The molecular weight excluding hydrogens is 330 g/mol. The van der Waals surface area contributed by atoms with Crippen LogP contribution in [0.1, 0.15) is 33.4 Å². The lowest BCUT2D eigenvalue weighted by atomic mass is 9.87. The number of aromatic nitrogens is 2. The van der Waals surface area contributed by atoms with Crippen molar-refractivity contribution in [1.29, 1.82) is 0 Å². The summed E-state index contributed by atoms with van der Waals surface area (Å²) in [6.45, 7) is 7.79. The van der Waals surface area contributed by atoms with E-state index >= 15 is 0 Å². The van der Waals surface area contributed by atoms with Gasteiger partial charge in [-0.25, -0.2) is 4.39 Å². The fraction of sp³-hybridized carbons (Fsp3) is 0.350. The smallest absolute Gasteiger partial charge is 0.398 e. The van der Waals surface area contributed by atoms with Crippen LogP contribution in [0.3, 0.4) is 0 Å². The summed E-state index contributed by atoms with van der Waals surface area (Å²) in [4.78, 5) is 0. The molecule has 0 atom stereocenters. The third-order valence-corrected chi connectivity index (χ3v) is 4.89. The number of hydrogen-bond donors (Lipinski definition) is 0. The number of nitrogens with zero attached hydrogens (tertiary/aromatic N) is 2. The van der Waals surface area contributed by atoms with E-state index < -0.39 is 24.0 Å². The maximum absolute atomic E-state index is 14.8. The topological polar surface area (TPSA) is 36.3 Å². The van der Waals surface area contributed by atoms with Gasteiger partial charge in [-0.3, -0.25) is 4.68 Å². The third kappa shape index (κ3) is 3.46. The number of benzene rings is 1. The van der Waals surface area contributed by atoms with E-state index in [2.05, 4.69) is 11.0 Å². The fourth-order valence-electron chi connectivity index (χ4n) is 2.68. The van der Waals surface area contributed by atoms with Crippen LogP contribution in [0.15, 0.2) is 42.1 Å². The van der Waals surface area contributed by atoms with Crippen molar-refractivity contribution < 1.29 is 13.7 Å². The Morgan fingerprint density at radius 2 is 1.85 bits per heavy atom. The summed E-state index contributed by atoms with van der Waals surface area (Å²) in [6, 6.07) is 11.5. The van der Waals surface area contributed by atoms with Crippen LogP contribution < -0.4 is 0 Å². The highest BCUT2D eigenvalue weighted by molar-refractivity contribution is 6.54. The van der Waals surface area contributed by atoms with Crippen LogP contribution in [0.25, 0.3) is 17.3 Å². The van der Waals surface area contributed by atoms with Crippen LogP contribution in [0, 0.1) is 12.3 Å². The molecule has 0 bridgehead atoms. The normalized spacial score (nSPS) is 18.8. The Labute approximate surface area is 154 Å². The summed E-state index contributed by atoms with van der Waals surface area (Å²) in [5.41, 5.74) is 0.520. The molecule has 6 heteroatoms. The van der Waals surface area contributed by atoms with Gasteiger partial charge in [0.25, 0.3) is 0 Å². The van der Waals surface area contributed by atoms with Crippen molar-refractivity contribution in [1.82, 2.24) is 9.78 Å². The summed E-state index contributed by atoms with van der Waals surface area (Å²) < 4.78 is 27.9. The van der Waals surface area contributed by atoms with Gasteiger partial charge in [-0.05, 0) is 39.8 Å². The van der Waals surface area contributed by atoms with E-state index in [0.717, 1.165) is 11.3 Å². The van der Waals surface area contributed by atoms with Crippen molar-refractivity contribution in [2.24, 2.45) is 0 Å². The Hall–Kier alpha value is -2.36. The van der Waals surface area contributed by atoms with E-state index in [-0.39, 0.29) is 6.54 Å². The van der Waals surface area contributed by atoms with Crippen molar-refractivity contribution in [2.45, 2.75) is 45.4 Å². The van der Waals surface area contributed by atoms with Crippen molar-refractivity contribution in [3.8, 4) is 23.6 Å². The van der Waals surface area contributed by atoms with Gasteiger partial charge < -0.3 is 9.31 Å². The van der Waals surface area contributed by atoms with Crippen LogP contribution in [0.4, 0.5) is 4.39 Å². The molecule has 134 valence electrons. The molecule has 1 aromatic heterocycles. The molecule has 0 amide bonds. The molecule has 0 N–H and O–H groups in total. The van der Waals surface area contributed by atoms with E-state index in [9.17, 15) is 4.39 Å². The molecule has 1 aliphatic rings. The molecule has 2 aromatic rings. The maximum Gasteiger partial charge on any atom is 0.525 e. The zero-order valence-electron chi connectivity index (χ0n) is 15.5. The van der Waals surface area contributed by atoms with Crippen LogP contribution in [0.2, 0.25) is 0 Å². The quantitative estimate of drug-likeness (QED) is 0.613. The molecule has 26 heavy (non-hydrogen) atoms. The SMILES string of the molecule is C#CCn1nc(-c2ccccc2)cc1C=C(F)B1OC(C)(C)C(C)(C)O1. The Kier molecular flexibility index (Phi) is 4.79.